The summed E-state index contributed by atoms with van der Waals surface area (Å²) in [5.74, 6) is -2.38. The van der Waals surface area contributed by atoms with Crippen LogP contribution in [0.15, 0.2) is 12.2 Å². The zero-order valence-corrected chi connectivity index (χ0v) is 33.1. The van der Waals surface area contributed by atoms with Crippen LogP contribution in [0.3, 0.4) is 0 Å². The number of carboxylic acids is 1. The Bertz CT molecular complexity index is 932. The normalized spacial score (nSPS) is 14.0. The second-order valence-electron chi connectivity index (χ2n) is 13.8. The van der Waals surface area contributed by atoms with Crippen LogP contribution in [0.5, 0.6) is 0 Å². The van der Waals surface area contributed by atoms with Gasteiger partial charge in [0.1, 0.15) is 12.6 Å². The summed E-state index contributed by atoms with van der Waals surface area (Å²) in [6.07, 6.45) is 32.7. The summed E-state index contributed by atoms with van der Waals surface area (Å²) in [5, 5.41) is 8.86. The highest BCUT2D eigenvalue weighted by atomic mass is 31.2. The number of phosphoric acid groups is 1. The number of carbonyl (C=O) groups is 3. The van der Waals surface area contributed by atoms with E-state index in [9.17, 15) is 23.8 Å². The van der Waals surface area contributed by atoms with Crippen molar-refractivity contribution in [1.82, 2.24) is 0 Å². The third-order valence-electron chi connectivity index (χ3n) is 8.76. The van der Waals surface area contributed by atoms with E-state index in [4.69, 9.17) is 24.8 Å². The maximum Gasteiger partial charge on any atom is 0.472 e. The molecule has 0 fully saturated rings. The fourth-order valence-corrected chi connectivity index (χ4v) is 6.31. The molecule has 0 saturated heterocycles. The number of allylic oxidation sites excluding steroid dienone is 2. The van der Waals surface area contributed by atoms with Gasteiger partial charge in [-0.15, -0.1) is 0 Å². The van der Waals surface area contributed by atoms with E-state index < -0.39 is 51.1 Å². The Balaban J connectivity index is 4.41. The van der Waals surface area contributed by atoms with Crippen LogP contribution in [-0.2, 0) is 37.5 Å². The molecule has 0 radical (unpaired) electrons. The van der Waals surface area contributed by atoms with Gasteiger partial charge >= 0.3 is 25.7 Å². The molecule has 0 rings (SSSR count). The van der Waals surface area contributed by atoms with Crippen molar-refractivity contribution in [2.75, 3.05) is 19.8 Å². The minimum atomic E-state index is -4.71. The third-order valence-corrected chi connectivity index (χ3v) is 9.71. The zero-order chi connectivity index (χ0) is 37.8. The Hall–Kier alpha value is -1.78. The van der Waals surface area contributed by atoms with Gasteiger partial charge in [-0.05, 0) is 38.5 Å². The molecule has 3 unspecified atom stereocenters. The minimum absolute atomic E-state index is 0.155. The number of carbonyl (C=O) groups excluding carboxylic acids is 2. The fourth-order valence-electron chi connectivity index (χ4n) is 5.53. The summed E-state index contributed by atoms with van der Waals surface area (Å²) in [6, 6.07) is -1.52. The second kappa shape index (κ2) is 35.3. The van der Waals surface area contributed by atoms with Crippen molar-refractivity contribution in [2.45, 2.75) is 199 Å². The number of carboxylic acid groups (broad SMARTS) is 1. The molecular formula is C39H74NO10P. The molecule has 0 aliphatic rings. The number of esters is 2. The lowest BCUT2D eigenvalue weighted by Crippen LogP contribution is -2.34. The number of hydrogen-bond donors (Lipinski definition) is 3. The summed E-state index contributed by atoms with van der Waals surface area (Å²) < 4.78 is 32.6. The highest BCUT2D eigenvalue weighted by Gasteiger charge is 2.28. The Labute approximate surface area is 309 Å². The molecule has 0 aromatic heterocycles. The van der Waals surface area contributed by atoms with E-state index in [-0.39, 0.29) is 19.4 Å². The lowest BCUT2D eigenvalue weighted by atomic mass is 10.0. The van der Waals surface area contributed by atoms with Gasteiger partial charge in [0.05, 0.1) is 13.2 Å². The molecule has 4 N–H and O–H groups in total. The van der Waals surface area contributed by atoms with Gasteiger partial charge in [-0.2, -0.15) is 0 Å². The first-order valence-electron chi connectivity index (χ1n) is 20.2. The maximum absolute atomic E-state index is 12.6. The third kappa shape index (κ3) is 35.0. The first-order chi connectivity index (χ1) is 24.6. The Morgan fingerprint density at radius 3 is 1.43 bits per heavy atom. The summed E-state index contributed by atoms with van der Waals surface area (Å²) in [7, 11) is -4.71. The van der Waals surface area contributed by atoms with Crippen molar-refractivity contribution in [3.63, 3.8) is 0 Å². The standard InChI is InChI=1S/C39H74NO10P/c1-3-5-7-9-11-13-15-17-19-21-23-25-27-29-31-38(42)50-35(33-48-51(45,46)49-34-36(40)39(43)44)32-47-37(41)30-28-26-24-22-20-18-16-14-12-10-8-6-4-2/h15,17,35-36H,3-14,16,18-34,40H2,1-2H3,(H,43,44)(H,45,46)/b17-15-. The van der Waals surface area contributed by atoms with Gasteiger partial charge in [0.25, 0.3) is 0 Å². The number of nitrogens with two attached hydrogens (primary N) is 1. The minimum Gasteiger partial charge on any atom is -0.480 e. The molecule has 300 valence electrons. The van der Waals surface area contributed by atoms with Crippen LogP contribution in [0.1, 0.15) is 187 Å². The van der Waals surface area contributed by atoms with Gasteiger partial charge < -0.3 is 25.2 Å². The van der Waals surface area contributed by atoms with Gasteiger partial charge in [-0.3, -0.25) is 23.4 Å². The van der Waals surface area contributed by atoms with E-state index in [1.807, 2.05) is 0 Å². The van der Waals surface area contributed by atoms with Gasteiger partial charge in [0.15, 0.2) is 6.10 Å². The van der Waals surface area contributed by atoms with Gasteiger partial charge in [0, 0.05) is 12.8 Å². The predicted octanol–water partition coefficient (Wildman–Crippen LogP) is 10.1. The smallest absolute Gasteiger partial charge is 0.472 e. The molecule has 0 heterocycles. The zero-order valence-electron chi connectivity index (χ0n) is 32.2. The van der Waals surface area contributed by atoms with Crippen molar-refractivity contribution in [3.05, 3.63) is 12.2 Å². The van der Waals surface area contributed by atoms with Crippen LogP contribution in [0.25, 0.3) is 0 Å². The van der Waals surface area contributed by atoms with Crippen LogP contribution in [0, 0.1) is 0 Å². The Kier molecular flexibility index (Phi) is 34.0. The molecule has 0 aliphatic carbocycles. The van der Waals surface area contributed by atoms with Crippen molar-refractivity contribution in [3.8, 4) is 0 Å². The molecule has 0 aliphatic heterocycles. The van der Waals surface area contributed by atoms with Crippen LogP contribution in [0.2, 0.25) is 0 Å². The molecule has 0 bridgehead atoms. The molecule has 0 aromatic carbocycles. The van der Waals surface area contributed by atoms with Crippen LogP contribution in [0.4, 0.5) is 0 Å². The molecule has 12 heteroatoms. The molecule has 11 nitrogen and oxygen atoms in total. The van der Waals surface area contributed by atoms with Crippen LogP contribution < -0.4 is 5.73 Å². The number of unbranched alkanes of at least 4 members (excludes halogenated alkanes) is 22. The second-order valence-corrected chi connectivity index (χ2v) is 15.2. The lowest BCUT2D eigenvalue weighted by Gasteiger charge is -2.20. The van der Waals surface area contributed by atoms with E-state index >= 15 is 0 Å². The lowest BCUT2D eigenvalue weighted by molar-refractivity contribution is -0.161. The SMILES string of the molecule is CCCCCCC/C=C\CCCCCCCC(=O)OC(COC(=O)CCCCCCCCCCCCCCC)COP(=O)(O)OCC(N)C(=O)O. The van der Waals surface area contributed by atoms with E-state index in [1.165, 1.54) is 89.9 Å². The fraction of sp³-hybridized carbons (Fsp3) is 0.872. The topological polar surface area (TPSA) is 172 Å². The summed E-state index contributed by atoms with van der Waals surface area (Å²) >= 11 is 0. The quantitative estimate of drug-likeness (QED) is 0.0237. The molecule has 0 saturated carbocycles. The first-order valence-corrected chi connectivity index (χ1v) is 21.7. The first kappa shape index (κ1) is 49.2. The van der Waals surface area contributed by atoms with E-state index in [0.29, 0.717) is 12.8 Å². The van der Waals surface area contributed by atoms with Crippen molar-refractivity contribution < 1.29 is 47.5 Å². The van der Waals surface area contributed by atoms with Crippen molar-refractivity contribution in [1.29, 1.82) is 0 Å². The van der Waals surface area contributed by atoms with Gasteiger partial charge in [-0.1, -0.05) is 148 Å². The monoisotopic (exact) mass is 748 g/mol. The molecule has 0 aromatic rings. The summed E-state index contributed by atoms with van der Waals surface area (Å²) in [6.45, 7) is 2.78. The summed E-state index contributed by atoms with van der Waals surface area (Å²) in [4.78, 5) is 45.8. The highest BCUT2D eigenvalue weighted by molar-refractivity contribution is 7.47. The van der Waals surface area contributed by atoms with Gasteiger partial charge in [0.2, 0.25) is 0 Å². The number of ether oxygens (including phenoxy) is 2. The molecule has 51 heavy (non-hydrogen) atoms. The average molecular weight is 748 g/mol. The molecule has 0 spiro atoms. The van der Waals surface area contributed by atoms with E-state index in [2.05, 4.69) is 30.5 Å². The van der Waals surface area contributed by atoms with Crippen LogP contribution in [-0.4, -0.2) is 59.9 Å². The van der Waals surface area contributed by atoms with E-state index in [0.717, 1.165) is 57.8 Å². The number of hydrogen-bond acceptors (Lipinski definition) is 9. The number of aliphatic carboxylic acids is 1. The van der Waals surface area contributed by atoms with Crippen molar-refractivity contribution >= 4 is 25.7 Å². The van der Waals surface area contributed by atoms with E-state index in [1.54, 1.807) is 0 Å². The van der Waals surface area contributed by atoms with Gasteiger partial charge in [-0.25, -0.2) is 4.57 Å². The predicted molar refractivity (Wildman–Crippen MR) is 203 cm³/mol. The number of rotatable bonds is 38. The maximum atomic E-state index is 12.6. The largest absolute Gasteiger partial charge is 0.480 e. The summed E-state index contributed by atoms with van der Waals surface area (Å²) in [5.41, 5.74) is 5.32. The molecule has 0 amide bonds. The Morgan fingerprint density at radius 2 is 0.980 bits per heavy atom. The number of phosphoric ester groups is 1. The average Bonchev–Trinajstić information content (AvgIpc) is 3.10. The molecular weight excluding hydrogens is 673 g/mol. The van der Waals surface area contributed by atoms with Crippen molar-refractivity contribution in [2.24, 2.45) is 5.73 Å². The molecule has 3 atom stereocenters. The van der Waals surface area contributed by atoms with Crippen LogP contribution >= 0.6 is 7.82 Å². The Morgan fingerprint density at radius 1 is 0.588 bits per heavy atom. The highest BCUT2D eigenvalue weighted by Crippen LogP contribution is 2.43.